The molecule has 0 unspecified atom stereocenters. The second-order valence-corrected chi connectivity index (χ2v) is 5.93. The summed E-state index contributed by atoms with van der Waals surface area (Å²) >= 11 is 6.08. The van der Waals surface area contributed by atoms with Crippen molar-refractivity contribution in [3.05, 3.63) is 34.9 Å². The van der Waals surface area contributed by atoms with Crippen LogP contribution in [0.15, 0.2) is 24.3 Å². The highest BCUT2D eigenvalue weighted by molar-refractivity contribution is 6.31. The van der Waals surface area contributed by atoms with Gasteiger partial charge in [0.05, 0.1) is 5.52 Å². The summed E-state index contributed by atoms with van der Waals surface area (Å²) in [4.78, 5) is 7.24. The fourth-order valence-corrected chi connectivity index (χ4v) is 3.11. The number of nitrogens with zero attached hydrogens (tertiary/aromatic N) is 2. The van der Waals surface area contributed by atoms with Gasteiger partial charge < -0.3 is 4.90 Å². The summed E-state index contributed by atoms with van der Waals surface area (Å²) in [6, 6.07) is 8.74. The van der Waals surface area contributed by atoms with Gasteiger partial charge in [0.15, 0.2) is 0 Å². The van der Waals surface area contributed by atoms with E-state index >= 15 is 0 Å². The molecule has 3 rings (SSSR count). The van der Waals surface area contributed by atoms with Crippen molar-refractivity contribution < 1.29 is 0 Å². The first kappa shape index (κ1) is 12.7. The Morgan fingerprint density at radius 1 is 1.26 bits per heavy atom. The number of fused-ring (bicyclic) bond motifs is 1. The van der Waals surface area contributed by atoms with Gasteiger partial charge >= 0.3 is 0 Å². The summed E-state index contributed by atoms with van der Waals surface area (Å²) < 4.78 is 0. The lowest BCUT2D eigenvalue weighted by Gasteiger charge is -2.34. The zero-order chi connectivity index (χ0) is 13.4. The van der Waals surface area contributed by atoms with Crippen LogP contribution in [0.3, 0.4) is 0 Å². The average Bonchev–Trinajstić information content (AvgIpc) is 2.38. The second kappa shape index (κ2) is 5.01. The number of benzene rings is 1. The van der Waals surface area contributed by atoms with Crippen LogP contribution in [0.4, 0.5) is 5.82 Å². The second-order valence-electron chi connectivity index (χ2n) is 5.50. The normalized spacial score (nSPS) is 19.9. The molecule has 1 fully saturated rings. The van der Waals surface area contributed by atoms with E-state index in [1.807, 2.05) is 12.1 Å². The number of aromatic nitrogens is 1. The van der Waals surface area contributed by atoms with Crippen LogP contribution in [-0.2, 0) is 0 Å². The highest BCUT2D eigenvalue weighted by atomic mass is 35.5. The molecular formula is C16H19ClN2. The van der Waals surface area contributed by atoms with E-state index in [9.17, 15) is 0 Å². The SMILES string of the molecule is Cc1cc(N2CCCC[C@@H]2C)nc2cc(Cl)ccc12. The molecule has 1 atom stereocenters. The summed E-state index contributed by atoms with van der Waals surface area (Å²) in [7, 11) is 0. The van der Waals surface area contributed by atoms with Crippen molar-refractivity contribution in [1.82, 2.24) is 4.98 Å². The molecule has 0 bridgehead atoms. The first-order valence-corrected chi connectivity index (χ1v) is 7.36. The van der Waals surface area contributed by atoms with E-state index in [1.54, 1.807) is 0 Å². The maximum Gasteiger partial charge on any atom is 0.129 e. The largest absolute Gasteiger partial charge is 0.354 e. The Balaban J connectivity index is 2.09. The lowest BCUT2D eigenvalue weighted by molar-refractivity contribution is 0.481. The van der Waals surface area contributed by atoms with Gasteiger partial charge in [-0.1, -0.05) is 17.7 Å². The van der Waals surface area contributed by atoms with Crippen LogP contribution in [0.25, 0.3) is 10.9 Å². The van der Waals surface area contributed by atoms with E-state index in [0.717, 1.165) is 22.9 Å². The molecule has 0 N–H and O–H groups in total. The van der Waals surface area contributed by atoms with E-state index in [2.05, 4.69) is 30.9 Å². The summed E-state index contributed by atoms with van der Waals surface area (Å²) in [5.74, 6) is 1.10. The Morgan fingerprint density at radius 2 is 2.11 bits per heavy atom. The molecule has 1 aromatic heterocycles. The predicted molar refractivity (Wildman–Crippen MR) is 82.1 cm³/mol. The summed E-state index contributed by atoms with van der Waals surface area (Å²) in [6.45, 7) is 5.55. The van der Waals surface area contributed by atoms with Crippen LogP contribution in [-0.4, -0.2) is 17.6 Å². The molecule has 1 aromatic carbocycles. The zero-order valence-electron chi connectivity index (χ0n) is 11.5. The molecule has 19 heavy (non-hydrogen) atoms. The molecule has 2 heterocycles. The lowest BCUT2D eigenvalue weighted by Crippen LogP contribution is -2.38. The minimum Gasteiger partial charge on any atom is -0.354 e. The van der Waals surface area contributed by atoms with E-state index in [1.165, 1.54) is 30.2 Å². The average molecular weight is 275 g/mol. The molecule has 0 aliphatic carbocycles. The maximum atomic E-state index is 6.08. The Bertz CT molecular complexity index is 609. The summed E-state index contributed by atoms with van der Waals surface area (Å²) in [5, 5.41) is 1.95. The number of anilines is 1. The molecule has 0 spiro atoms. The summed E-state index contributed by atoms with van der Waals surface area (Å²) in [6.07, 6.45) is 3.85. The molecule has 1 saturated heterocycles. The highest BCUT2D eigenvalue weighted by Crippen LogP contribution is 2.28. The monoisotopic (exact) mass is 274 g/mol. The first-order valence-electron chi connectivity index (χ1n) is 6.99. The zero-order valence-corrected chi connectivity index (χ0v) is 12.2. The van der Waals surface area contributed by atoms with Crippen LogP contribution < -0.4 is 4.90 Å². The highest BCUT2D eigenvalue weighted by Gasteiger charge is 2.20. The summed E-state index contributed by atoms with van der Waals surface area (Å²) in [5.41, 5.74) is 2.27. The van der Waals surface area contributed by atoms with Gasteiger partial charge in [0.25, 0.3) is 0 Å². The Hall–Kier alpha value is -1.28. The quantitative estimate of drug-likeness (QED) is 0.757. The predicted octanol–water partition coefficient (Wildman–Crippen LogP) is 4.58. The van der Waals surface area contributed by atoms with Crippen molar-refractivity contribution in [3.8, 4) is 0 Å². The maximum absolute atomic E-state index is 6.08. The molecule has 0 radical (unpaired) electrons. The smallest absolute Gasteiger partial charge is 0.129 e. The van der Waals surface area contributed by atoms with E-state index in [4.69, 9.17) is 16.6 Å². The molecule has 2 nitrogen and oxygen atoms in total. The van der Waals surface area contributed by atoms with Gasteiger partial charge in [0, 0.05) is 23.0 Å². The number of aryl methyl sites for hydroxylation is 1. The Kier molecular flexibility index (Phi) is 3.36. The van der Waals surface area contributed by atoms with E-state index < -0.39 is 0 Å². The van der Waals surface area contributed by atoms with E-state index in [-0.39, 0.29) is 0 Å². The van der Waals surface area contributed by atoms with Gasteiger partial charge in [-0.15, -0.1) is 0 Å². The molecule has 1 aliphatic rings. The molecule has 0 amide bonds. The van der Waals surface area contributed by atoms with Gasteiger partial charge in [0.2, 0.25) is 0 Å². The van der Waals surface area contributed by atoms with Crippen molar-refractivity contribution in [3.63, 3.8) is 0 Å². The Morgan fingerprint density at radius 3 is 2.89 bits per heavy atom. The lowest BCUT2D eigenvalue weighted by atomic mass is 10.0. The molecule has 0 saturated carbocycles. The third-order valence-corrected chi connectivity index (χ3v) is 4.30. The van der Waals surface area contributed by atoms with Crippen LogP contribution in [0.2, 0.25) is 5.02 Å². The number of halogens is 1. The Labute approximate surface area is 119 Å². The van der Waals surface area contributed by atoms with Gasteiger partial charge in [-0.2, -0.15) is 0 Å². The topological polar surface area (TPSA) is 16.1 Å². The van der Waals surface area contributed by atoms with Crippen LogP contribution in [0, 0.1) is 6.92 Å². The molecule has 1 aliphatic heterocycles. The van der Waals surface area contributed by atoms with Gasteiger partial charge in [-0.05, 0) is 56.9 Å². The molecule has 100 valence electrons. The number of hydrogen-bond donors (Lipinski definition) is 0. The van der Waals surface area contributed by atoms with Crippen molar-refractivity contribution >= 4 is 28.3 Å². The molecular weight excluding hydrogens is 256 g/mol. The van der Waals surface area contributed by atoms with Crippen LogP contribution >= 0.6 is 11.6 Å². The van der Waals surface area contributed by atoms with Crippen molar-refractivity contribution in [2.24, 2.45) is 0 Å². The molecule has 3 heteroatoms. The fourth-order valence-electron chi connectivity index (χ4n) is 2.94. The third-order valence-electron chi connectivity index (χ3n) is 4.06. The van der Waals surface area contributed by atoms with Gasteiger partial charge in [-0.3, -0.25) is 0 Å². The first-order chi connectivity index (χ1) is 9.15. The number of hydrogen-bond acceptors (Lipinski definition) is 2. The fraction of sp³-hybridized carbons (Fsp3) is 0.438. The number of piperidine rings is 1. The number of rotatable bonds is 1. The third kappa shape index (κ3) is 2.42. The van der Waals surface area contributed by atoms with Crippen molar-refractivity contribution in [1.29, 1.82) is 0 Å². The molecule has 2 aromatic rings. The van der Waals surface area contributed by atoms with E-state index in [0.29, 0.717) is 6.04 Å². The van der Waals surface area contributed by atoms with Crippen molar-refractivity contribution in [2.45, 2.75) is 39.2 Å². The van der Waals surface area contributed by atoms with Gasteiger partial charge in [-0.25, -0.2) is 4.98 Å². The standard InChI is InChI=1S/C16H19ClN2/c1-11-9-16(19-8-4-3-5-12(19)2)18-15-10-13(17)6-7-14(11)15/h6-7,9-10,12H,3-5,8H2,1-2H3/t12-/m0/s1. The minimum absolute atomic E-state index is 0.581. The van der Waals surface area contributed by atoms with Crippen LogP contribution in [0.1, 0.15) is 31.7 Å². The van der Waals surface area contributed by atoms with Gasteiger partial charge in [0.1, 0.15) is 5.82 Å². The minimum atomic E-state index is 0.581. The van der Waals surface area contributed by atoms with Crippen LogP contribution in [0.5, 0.6) is 0 Å². The number of pyridine rings is 1. The van der Waals surface area contributed by atoms with Crippen molar-refractivity contribution in [2.75, 3.05) is 11.4 Å².